The van der Waals surface area contributed by atoms with Gasteiger partial charge in [0.2, 0.25) is 0 Å². The van der Waals surface area contributed by atoms with Gasteiger partial charge in [-0.3, -0.25) is 4.99 Å². The normalized spacial score (nSPS) is 16.6. The van der Waals surface area contributed by atoms with Crippen molar-refractivity contribution >= 4 is 5.71 Å². The van der Waals surface area contributed by atoms with Gasteiger partial charge in [0.1, 0.15) is 0 Å². The van der Waals surface area contributed by atoms with E-state index in [1.165, 1.54) is 35.2 Å². The molecule has 18 heavy (non-hydrogen) atoms. The minimum atomic E-state index is 0.796. The van der Waals surface area contributed by atoms with Gasteiger partial charge in [-0.05, 0) is 36.0 Å². The Bertz CT molecular complexity index is 555. The molecule has 1 aliphatic rings. The Morgan fingerprint density at radius 1 is 0.833 bits per heavy atom. The van der Waals surface area contributed by atoms with E-state index in [0.717, 1.165) is 13.0 Å². The summed E-state index contributed by atoms with van der Waals surface area (Å²) in [6.45, 7) is 0.796. The molecule has 0 spiro atoms. The molecule has 0 bridgehead atoms. The topological polar surface area (TPSA) is 12.4 Å². The predicted octanol–water partition coefficient (Wildman–Crippen LogP) is 4.01. The molecule has 0 saturated carbocycles. The molecule has 1 heteroatoms. The molecule has 0 N–H and O–H groups in total. The monoisotopic (exact) mass is 235 g/mol. The van der Waals surface area contributed by atoms with E-state index < -0.39 is 0 Å². The Labute approximate surface area is 108 Å². The van der Waals surface area contributed by atoms with Crippen LogP contribution in [0.5, 0.6) is 0 Å². The average molecular weight is 235 g/mol. The van der Waals surface area contributed by atoms with E-state index in [9.17, 15) is 0 Å². The first-order valence-electron chi connectivity index (χ1n) is 6.59. The van der Waals surface area contributed by atoms with Crippen molar-refractivity contribution in [3.63, 3.8) is 0 Å². The fourth-order valence-electron chi connectivity index (χ4n) is 2.54. The molecule has 0 aliphatic heterocycles. The first kappa shape index (κ1) is 11.2. The highest BCUT2D eigenvalue weighted by molar-refractivity contribution is 6.02. The van der Waals surface area contributed by atoms with E-state index in [1.807, 2.05) is 6.07 Å². The number of rotatable bonds is 2. The highest BCUT2D eigenvalue weighted by Gasteiger charge is 2.13. The second-order valence-corrected chi connectivity index (χ2v) is 4.76. The molecule has 1 aliphatic carbocycles. The van der Waals surface area contributed by atoms with Gasteiger partial charge >= 0.3 is 0 Å². The molecule has 0 saturated heterocycles. The van der Waals surface area contributed by atoms with Crippen LogP contribution in [-0.2, 0) is 13.0 Å². The van der Waals surface area contributed by atoms with E-state index in [4.69, 9.17) is 4.99 Å². The number of hydrogen-bond donors (Lipinski definition) is 0. The Kier molecular flexibility index (Phi) is 3.22. The van der Waals surface area contributed by atoms with E-state index in [2.05, 4.69) is 48.5 Å². The average Bonchev–Trinajstić information content (AvgIpc) is 2.46. The zero-order valence-electron chi connectivity index (χ0n) is 10.5. The molecular weight excluding hydrogens is 218 g/mol. The molecule has 0 aromatic heterocycles. The van der Waals surface area contributed by atoms with Gasteiger partial charge in [0.05, 0.1) is 6.54 Å². The Hall–Kier alpha value is -1.89. The predicted molar refractivity (Wildman–Crippen MR) is 76.1 cm³/mol. The number of nitrogens with zero attached hydrogens (tertiary/aromatic N) is 1. The highest BCUT2D eigenvalue weighted by atomic mass is 14.7. The lowest BCUT2D eigenvalue weighted by molar-refractivity contribution is 0.831. The smallest absolute Gasteiger partial charge is 0.0643 e. The second kappa shape index (κ2) is 5.18. The largest absolute Gasteiger partial charge is 0.284 e. The zero-order valence-corrected chi connectivity index (χ0v) is 10.5. The van der Waals surface area contributed by atoms with Gasteiger partial charge in [-0.2, -0.15) is 0 Å². The summed E-state index contributed by atoms with van der Waals surface area (Å²) in [4.78, 5) is 4.81. The summed E-state index contributed by atoms with van der Waals surface area (Å²) in [5.41, 5.74) is 5.38. The van der Waals surface area contributed by atoms with Crippen LogP contribution in [0.1, 0.15) is 29.5 Å². The molecule has 0 unspecified atom stereocenters. The summed E-state index contributed by atoms with van der Waals surface area (Å²) in [6.07, 6.45) is 3.54. The summed E-state index contributed by atoms with van der Waals surface area (Å²) in [5.74, 6) is 0. The minimum Gasteiger partial charge on any atom is -0.284 e. The maximum absolute atomic E-state index is 4.81. The summed E-state index contributed by atoms with van der Waals surface area (Å²) in [6, 6.07) is 19.1. The Morgan fingerprint density at radius 2 is 1.61 bits per heavy atom. The van der Waals surface area contributed by atoms with E-state index >= 15 is 0 Å². The number of aryl methyl sites for hydroxylation is 1. The maximum Gasteiger partial charge on any atom is 0.0643 e. The SMILES string of the molecule is c1ccc(CN=C2CCCc3ccccc32)cc1. The quantitative estimate of drug-likeness (QED) is 0.745. The van der Waals surface area contributed by atoms with Gasteiger partial charge in [0, 0.05) is 5.71 Å². The van der Waals surface area contributed by atoms with E-state index in [0.29, 0.717) is 0 Å². The van der Waals surface area contributed by atoms with Gasteiger partial charge in [0.15, 0.2) is 0 Å². The van der Waals surface area contributed by atoms with Crippen LogP contribution in [-0.4, -0.2) is 5.71 Å². The van der Waals surface area contributed by atoms with Crippen molar-refractivity contribution in [2.45, 2.75) is 25.8 Å². The molecule has 0 fully saturated rings. The van der Waals surface area contributed by atoms with Crippen molar-refractivity contribution in [3.8, 4) is 0 Å². The van der Waals surface area contributed by atoms with Gasteiger partial charge < -0.3 is 0 Å². The van der Waals surface area contributed by atoms with Gasteiger partial charge in [-0.1, -0.05) is 54.6 Å². The molecule has 1 nitrogen and oxygen atoms in total. The Morgan fingerprint density at radius 3 is 2.50 bits per heavy atom. The van der Waals surface area contributed by atoms with Crippen molar-refractivity contribution in [2.75, 3.05) is 0 Å². The van der Waals surface area contributed by atoms with Crippen LogP contribution in [0.2, 0.25) is 0 Å². The molecule has 2 aromatic carbocycles. The third kappa shape index (κ3) is 2.35. The van der Waals surface area contributed by atoms with Gasteiger partial charge in [0.25, 0.3) is 0 Å². The number of fused-ring (bicyclic) bond motifs is 1. The van der Waals surface area contributed by atoms with Crippen LogP contribution in [0, 0.1) is 0 Å². The lowest BCUT2D eigenvalue weighted by atomic mass is 9.90. The lowest BCUT2D eigenvalue weighted by Gasteiger charge is -2.17. The number of aliphatic imine (C=N–C) groups is 1. The first-order chi connectivity index (χ1) is 8.93. The lowest BCUT2D eigenvalue weighted by Crippen LogP contribution is -2.11. The summed E-state index contributed by atoms with van der Waals surface area (Å²) < 4.78 is 0. The molecule has 0 amide bonds. The number of hydrogen-bond acceptors (Lipinski definition) is 1. The van der Waals surface area contributed by atoms with Crippen molar-refractivity contribution in [1.29, 1.82) is 0 Å². The molecule has 2 aromatic rings. The first-order valence-corrected chi connectivity index (χ1v) is 6.59. The fourth-order valence-corrected chi connectivity index (χ4v) is 2.54. The third-order valence-electron chi connectivity index (χ3n) is 3.48. The second-order valence-electron chi connectivity index (χ2n) is 4.76. The van der Waals surface area contributed by atoms with E-state index in [1.54, 1.807) is 0 Å². The molecule has 0 heterocycles. The van der Waals surface area contributed by atoms with Gasteiger partial charge in [-0.15, -0.1) is 0 Å². The molecule has 0 atom stereocenters. The van der Waals surface area contributed by atoms with Crippen LogP contribution in [0.4, 0.5) is 0 Å². The zero-order chi connectivity index (χ0) is 12.2. The minimum absolute atomic E-state index is 0.796. The van der Waals surface area contributed by atoms with Crippen LogP contribution in [0.15, 0.2) is 59.6 Å². The standard InChI is InChI=1S/C17H17N/c1-2-7-14(8-3-1)13-18-17-12-6-10-15-9-4-5-11-16(15)17/h1-5,7-9,11H,6,10,12-13H2. The molecule has 0 radical (unpaired) electrons. The maximum atomic E-state index is 4.81. The van der Waals surface area contributed by atoms with Crippen LogP contribution < -0.4 is 0 Å². The molecular formula is C17H17N. The van der Waals surface area contributed by atoms with Crippen molar-refractivity contribution < 1.29 is 0 Å². The van der Waals surface area contributed by atoms with Crippen LogP contribution in [0.25, 0.3) is 0 Å². The summed E-state index contributed by atoms with van der Waals surface area (Å²) >= 11 is 0. The Balaban J connectivity index is 1.85. The van der Waals surface area contributed by atoms with Crippen molar-refractivity contribution in [1.82, 2.24) is 0 Å². The summed E-state index contributed by atoms with van der Waals surface area (Å²) in [5, 5.41) is 0. The fraction of sp³-hybridized carbons (Fsp3) is 0.235. The summed E-state index contributed by atoms with van der Waals surface area (Å²) in [7, 11) is 0. The van der Waals surface area contributed by atoms with Gasteiger partial charge in [-0.25, -0.2) is 0 Å². The van der Waals surface area contributed by atoms with Crippen molar-refractivity contribution in [2.24, 2.45) is 4.99 Å². The van der Waals surface area contributed by atoms with Crippen LogP contribution in [0.3, 0.4) is 0 Å². The van der Waals surface area contributed by atoms with Crippen LogP contribution >= 0.6 is 0 Å². The van der Waals surface area contributed by atoms with Crippen molar-refractivity contribution in [3.05, 3.63) is 71.3 Å². The molecule has 3 rings (SSSR count). The molecule has 90 valence electrons. The highest BCUT2D eigenvalue weighted by Crippen LogP contribution is 2.21. The third-order valence-corrected chi connectivity index (χ3v) is 3.48. The van der Waals surface area contributed by atoms with E-state index in [-0.39, 0.29) is 0 Å². The number of benzene rings is 2.